The summed E-state index contributed by atoms with van der Waals surface area (Å²) >= 11 is 0. The Bertz CT molecular complexity index is 381. The molecule has 2 N–H and O–H groups in total. The average molecular weight is 257 g/mol. The second-order valence-corrected chi connectivity index (χ2v) is 3.55. The zero-order valence-corrected chi connectivity index (χ0v) is 8.44. The van der Waals surface area contributed by atoms with Crippen molar-refractivity contribution in [1.29, 1.82) is 0 Å². The van der Waals surface area contributed by atoms with Crippen LogP contribution < -0.4 is 5.73 Å². The number of rotatable bonds is 2. The van der Waals surface area contributed by atoms with Crippen LogP contribution in [-0.4, -0.2) is 12.2 Å². The summed E-state index contributed by atoms with van der Waals surface area (Å²) in [4.78, 5) is 0. The van der Waals surface area contributed by atoms with Crippen LogP contribution in [0.2, 0.25) is 0 Å². The third kappa shape index (κ3) is 3.92. The third-order valence-electron chi connectivity index (χ3n) is 2.13. The van der Waals surface area contributed by atoms with Crippen molar-refractivity contribution < 1.29 is 26.3 Å². The van der Waals surface area contributed by atoms with Gasteiger partial charge in [-0.2, -0.15) is 26.3 Å². The van der Waals surface area contributed by atoms with E-state index < -0.39 is 30.4 Å². The highest BCUT2D eigenvalue weighted by Crippen LogP contribution is 2.30. The van der Waals surface area contributed by atoms with E-state index >= 15 is 0 Å². The summed E-state index contributed by atoms with van der Waals surface area (Å²) in [6.07, 6.45) is -9.86. The third-order valence-corrected chi connectivity index (χ3v) is 2.13. The minimum Gasteiger partial charge on any atom is -0.320 e. The first-order chi connectivity index (χ1) is 7.60. The largest absolute Gasteiger partial charge is 0.416 e. The van der Waals surface area contributed by atoms with E-state index in [-0.39, 0.29) is 5.56 Å². The van der Waals surface area contributed by atoms with Crippen molar-refractivity contribution in [2.75, 3.05) is 0 Å². The van der Waals surface area contributed by atoms with Gasteiger partial charge in [0.05, 0.1) is 5.56 Å². The molecular weight excluding hydrogens is 248 g/mol. The molecule has 0 amide bonds. The molecule has 0 aliphatic heterocycles. The van der Waals surface area contributed by atoms with Crippen LogP contribution >= 0.6 is 0 Å². The van der Waals surface area contributed by atoms with Gasteiger partial charge >= 0.3 is 12.4 Å². The molecule has 0 aliphatic carbocycles. The summed E-state index contributed by atoms with van der Waals surface area (Å²) in [5.74, 6) is 0. The second kappa shape index (κ2) is 4.56. The Morgan fingerprint density at radius 1 is 1.06 bits per heavy atom. The van der Waals surface area contributed by atoms with Gasteiger partial charge in [0.15, 0.2) is 0 Å². The van der Waals surface area contributed by atoms with Gasteiger partial charge in [-0.25, -0.2) is 0 Å². The van der Waals surface area contributed by atoms with Crippen LogP contribution in [-0.2, 0) is 12.6 Å². The Hall–Kier alpha value is -1.24. The fourth-order valence-electron chi connectivity index (χ4n) is 1.24. The summed E-state index contributed by atoms with van der Waals surface area (Å²) in [7, 11) is 0. The van der Waals surface area contributed by atoms with Crippen molar-refractivity contribution in [1.82, 2.24) is 0 Å². The van der Waals surface area contributed by atoms with Crippen LogP contribution in [0.15, 0.2) is 24.3 Å². The molecule has 0 saturated carbocycles. The van der Waals surface area contributed by atoms with Crippen LogP contribution in [0.3, 0.4) is 0 Å². The van der Waals surface area contributed by atoms with E-state index in [2.05, 4.69) is 0 Å². The Balaban J connectivity index is 2.87. The average Bonchev–Trinajstić information content (AvgIpc) is 2.15. The molecule has 96 valence electrons. The molecule has 0 bridgehead atoms. The van der Waals surface area contributed by atoms with E-state index in [1.807, 2.05) is 0 Å². The van der Waals surface area contributed by atoms with Gasteiger partial charge in [0, 0.05) is 0 Å². The Kier molecular flexibility index (Phi) is 3.71. The minimum atomic E-state index is -4.62. The fraction of sp³-hybridized carbons (Fsp3) is 0.400. The SMILES string of the molecule is N[C@@H](Cc1cccc(C(F)(F)F)c1)C(F)(F)F. The molecule has 0 heterocycles. The Morgan fingerprint density at radius 3 is 2.12 bits per heavy atom. The van der Waals surface area contributed by atoms with Gasteiger partial charge in [-0.1, -0.05) is 18.2 Å². The lowest BCUT2D eigenvalue weighted by Crippen LogP contribution is -2.39. The van der Waals surface area contributed by atoms with Crippen molar-refractivity contribution in [2.24, 2.45) is 5.73 Å². The highest BCUT2D eigenvalue weighted by Gasteiger charge is 2.37. The summed E-state index contributed by atoms with van der Waals surface area (Å²) in [5.41, 5.74) is 3.76. The number of benzene rings is 1. The van der Waals surface area contributed by atoms with E-state index in [1.165, 1.54) is 6.07 Å². The predicted molar refractivity (Wildman–Crippen MR) is 49.2 cm³/mol. The first kappa shape index (κ1) is 13.8. The molecule has 17 heavy (non-hydrogen) atoms. The first-order valence-electron chi connectivity index (χ1n) is 4.59. The van der Waals surface area contributed by atoms with Gasteiger partial charge in [-0.05, 0) is 18.1 Å². The number of nitrogens with two attached hydrogens (primary N) is 1. The quantitative estimate of drug-likeness (QED) is 0.809. The first-order valence-corrected chi connectivity index (χ1v) is 4.59. The van der Waals surface area contributed by atoms with Crippen molar-refractivity contribution in [2.45, 2.75) is 24.8 Å². The predicted octanol–water partition coefficient (Wildman–Crippen LogP) is 3.14. The van der Waals surface area contributed by atoms with E-state index in [0.717, 1.165) is 12.1 Å². The van der Waals surface area contributed by atoms with E-state index in [0.29, 0.717) is 6.07 Å². The molecule has 0 radical (unpaired) electrons. The summed E-state index contributed by atoms with van der Waals surface area (Å²) < 4.78 is 73.2. The van der Waals surface area contributed by atoms with Crippen LogP contribution in [0, 0.1) is 0 Å². The molecule has 0 aromatic heterocycles. The molecule has 1 rings (SSSR count). The van der Waals surface area contributed by atoms with Crippen molar-refractivity contribution >= 4 is 0 Å². The number of hydrogen-bond acceptors (Lipinski definition) is 1. The maximum absolute atomic E-state index is 12.3. The van der Waals surface area contributed by atoms with Crippen LogP contribution in [0.25, 0.3) is 0 Å². The van der Waals surface area contributed by atoms with E-state index in [1.54, 1.807) is 0 Å². The molecule has 0 saturated heterocycles. The summed E-state index contributed by atoms with van der Waals surface area (Å²) in [6, 6.07) is 1.54. The van der Waals surface area contributed by atoms with Gasteiger partial charge in [0.2, 0.25) is 0 Å². The van der Waals surface area contributed by atoms with Crippen LogP contribution in [0.1, 0.15) is 11.1 Å². The molecule has 1 aromatic rings. The summed E-state index contributed by atoms with van der Waals surface area (Å²) in [6.45, 7) is 0. The molecular formula is C10H9F6N. The number of halogens is 6. The Morgan fingerprint density at radius 2 is 1.65 bits per heavy atom. The second-order valence-electron chi connectivity index (χ2n) is 3.55. The molecule has 7 heteroatoms. The highest BCUT2D eigenvalue weighted by molar-refractivity contribution is 5.26. The van der Waals surface area contributed by atoms with Crippen molar-refractivity contribution in [3.8, 4) is 0 Å². The molecule has 1 aromatic carbocycles. The standard InChI is InChI=1S/C10H9F6N/c11-9(12,13)7-3-1-2-6(4-7)5-8(17)10(14,15)16/h1-4,8H,5,17H2/t8-/m0/s1. The smallest absolute Gasteiger partial charge is 0.320 e. The lowest BCUT2D eigenvalue weighted by Gasteiger charge is -2.16. The lowest BCUT2D eigenvalue weighted by molar-refractivity contribution is -0.147. The summed E-state index contributed by atoms with van der Waals surface area (Å²) in [5, 5.41) is 0. The monoisotopic (exact) mass is 257 g/mol. The maximum Gasteiger partial charge on any atom is 0.416 e. The van der Waals surface area contributed by atoms with Gasteiger partial charge in [-0.3, -0.25) is 0 Å². The van der Waals surface area contributed by atoms with Gasteiger partial charge < -0.3 is 5.73 Å². The van der Waals surface area contributed by atoms with Gasteiger partial charge in [0.1, 0.15) is 6.04 Å². The van der Waals surface area contributed by atoms with Crippen LogP contribution in [0.5, 0.6) is 0 Å². The fourth-order valence-corrected chi connectivity index (χ4v) is 1.24. The van der Waals surface area contributed by atoms with E-state index in [4.69, 9.17) is 5.73 Å². The molecule has 0 aliphatic rings. The lowest BCUT2D eigenvalue weighted by atomic mass is 10.0. The number of alkyl halides is 6. The van der Waals surface area contributed by atoms with E-state index in [9.17, 15) is 26.3 Å². The van der Waals surface area contributed by atoms with Crippen LogP contribution in [0.4, 0.5) is 26.3 Å². The topological polar surface area (TPSA) is 26.0 Å². The van der Waals surface area contributed by atoms with Gasteiger partial charge in [0.25, 0.3) is 0 Å². The molecule has 0 spiro atoms. The highest BCUT2D eigenvalue weighted by atomic mass is 19.4. The zero-order chi connectivity index (χ0) is 13.3. The van der Waals surface area contributed by atoms with Crippen molar-refractivity contribution in [3.05, 3.63) is 35.4 Å². The number of hydrogen-bond donors (Lipinski definition) is 1. The molecule has 1 nitrogen and oxygen atoms in total. The van der Waals surface area contributed by atoms with Gasteiger partial charge in [-0.15, -0.1) is 0 Å². The van der Waals surface area contributed by atoms with Crippen molar-refractivity contribution in [3.63, 3.8) is 0 Å². The minimum absolute atomic E-state index is 0.0929. The normalized spacial score (nSPS) is 14.8. The maximum atomic E-state index is 12.3. The molecule has 1 atom stereocenters. The molecule has 0 fully saturated rings. The zero-order valence-electron chi connectivity index (χ0n) is 8.44. The molecule has 0 unspecified atom stereocenters. The Labute approximate surface area is 93.2 Å².